The van der Waals surface area contributed by atoms with E-state index in [0.717, 1.165) is 12.8 Å². The van der Waals surface area contributed by atoms with Crippen LogP contribution in [0.3, 0.4) is 0 Å². The molecule has 1 aliphatic heterocycles. The Morgan fingerprint density at radius 1 is 1.33 bits per heavy atom. The van der Waals surface area contributed by atoms with Crippen LogP contribution in [0.15, 0.2) is 0 Å². The van der Waals surface area contributed by atoms with Gasteiger partial charge >= 0.3 is 0 Å². The summed E-state index contributed by atoms with van der Waals surface area (Å²) in [6, 6.07) is 0.234. The molecule has 1 heterocycles. The van der Waals surface area contributed by atoms with Gasteiger partial charge in [0, 0.05) is 19.3 Å². The minimum atomic E-state index is -2.24. The molecule has 1 aliphatic rings. The lowest BCUT2D eigenvalue weighted by molar-refractivity contribution is 0.0693. The van der Waals surface area contributed by atoms with Crippen molar-refractivity contribution in [3.05, 3.63) is 0 Å². The summed E-state index contributed by atoms with van der Waals surface area (Å²) in [7, 11) is 0. The summed E-state index contributed by atoms with van der Waals surface area (Å²) in [5.41, 5.74) is 0. The number of hydrogen-bond acceptors (Lipinski definition) is 2. The zero-order valence-corrected chi connectivity index (χ0v) is 7.58. The highest BCUT2D eigenvalue weighted by molar-refractivity contribution is 5.85. The van der Waals surface area contributed by atoms with E-state index in [-0.39, 0.29) is 25.0 Å². The molecule has 1 saturated heterocycles. The molecule has 1 fully saturated rings. The maximum Gasteiger partial charge on any atom is 0.250 e. The van der Waals surface area contributed by atoms with Crippen molar-refractivity contribution in [2.45, 2.75) is 25.3 Å². The van der Waals surface area contributed by atoms with Gasteiger partial charge in [0.1, 0.15) is 0 Å². The fourth-order valence-electron chi connectivity index (χ4n) is 1.16. The first-order valence-corrected chi connectivity index (χ1v) is 3.88. The van der Waals surface area contributed by atoms with Crippen LogP contribution in [0.1, 0.15) is 12.8 Å². The van der Waals surface area contributed by atoms with E-state index < -0.39 is 6.43 Å². The van der Waals surface area contributed by atoms with Gasteiger partial charge in [-0.05, 0) is 12.8 Å². The minimum absolute atomic E-state index is 0. The Bertz CT molecular complexity index is 110. The van der Waals surface area contributed by atoms with Crippen molar-refractivity contribution in [1.29, 1.82) is 0 Å². The number of nitrogens with one attached hydrogen (secondary N) is 1. The molecule has 2 nitrogen and oxygen atoms in total. The lowest BCUT2D eigenvalue weighted by atomic mass is 10.1. The predicted octanol–water partition coefficient (Wildman–Crippen LogP) is 1.44. The molecule has 0 atom stereocenters. The van der Waals surface area contributed by atoms with Gasteiger partial charge in [0.2, 0.25) is 0 Å². The van der Waals surface area contributed by atoms with Gasteiger partial charge in [0.25, 0.3) is 6.43 Å². The van der Waals surface area contributed by atoms with Crippen molar-refractivity contribution >= 4 is 12.4 Å². The molecule has 0 saturated carbocycles. The van der Waals surface area contributed by atoms with Crippen LogP contribution in [0.2, 0.25) is 0 Å². The molecule has 0 bridgehead atoms. The number of rotatable bonds is 3. The van der Waals surface area contributed by atoms with Crippen LogP contribution in [0.25, 0.3) is 0 Å². The molecule has 0 radical (unpaired) electrons. The Morgan fingerprint density at radius 3 is 2.42 bits per heavy atom. The summed E-state index contributed by atoms with van der Waals surface area (Å²) in [5.74, 6) is 0. The standard InChI is InChI=1S/C7H13F2NO.ClH/c8-7(9)5-10-6-1-3-11-4-2-6;/h6-7,10H,1-5H2;1H. The number of ether oxygens (including phenoxy) is 1. The van der Waals surface area contributed by atoms with E-state index >= 15 is 0 Å². The van der Waals surface area contributed by atoms with Gasteiger partial charge in [-0.25, -0.2) is 8.78 Å². The van der Waals surface area contributed by atoms with E-state index in [9.17, 15) is 8.78 Å². The minimum Gasteiger partial charge on any atom is -0.381 e. The Kier molecular flexibility index (Phi) is 6.61. The SMILES string of the molecule is Cl.FC(F)CNC1CCOCC1. The smallest absolute Gasteiger partial charge is 0.250 e. The molecule has 0 aliphatic carbocycles. The normalized spacial score (nSPS) is 19.2. The average Bonchev–Trinajstić information content (AvgIpc) is 2.03. The van der Waals surface area contributed by atoms with Crippen LogP contribution in [-0.4, -0.2) is 32.2 Å². The van der Waals surface area contributed by atoms with Gasteiger partial charge in [0.05, 0.1) is 6.54 Å². The van der Waals surface area contributed by atoms with E-state index in [2.05, 4.69) is 5.32 Å². The van der Waals surface area contributed by atoms with Gasteiger partial charge in [-0.2, -0.15) is 0 Å². The van der Waals surface area contributed by atoms with Crippen LogP contribution in [-0.2, 0) is 4.74 Å². The second-order valence-electron chi connectivity index (χ2n) is 2.69. The molecule has 0 spiro atoms. The summed E-state index contributed by atoms with van der Waals surface area (Å²) >= 11 is 0. The highest BCUT2D eigenvalue weighted by Gasteiger charge is 2.14. The first-order chi connectivity index (χ1) is 5.29. The molecule has 0 amide bonds. The Labute approximate surface area is 77.1 Å². The highest BCUT2D eigenvalue weighted by atomic mass is 35.5. The van der Waals surface area contributed by atoms with Crippen molar-refractivity contribution in [2.24, 2.45) is 0 Å². The number of alkyl halides is 2. The lowest BCUT2D eigenvalue weighted by Crippen LogP contribution is -2.37. The summed E-state index contributed by atoms with van der Waals surface area (Å²) in [4.78, 5) is 0. The molecule has 74 valence electrons. The summed E-state index contributed by atoms with van der Waals surface area (Å²) in [5, 5.41) is 2.79. The first kappa shape index (κ1) is 12.1. The third-order valence-electron chi connectivity index (χ3n) is 1.78. The van der Waals surface area contributed by atoms with Gasteiger partial charge in [-0.15, -0.1) is 12.4 Å². The van der Waals surface area contributed by atoms with Crippen LogP contribution >= 0.6 is 12.4 Å². The van der Waals surface area contributed by atoms with Crippen molar-refractivity contribution < 1.29 is 13.5 Å². The molecule has 1 rings (SSSR count). The molecular weight excluding hydrogens is 188 g/mol. The monoisotopic (exact) mass is 201 g/mol. The van der Waals surface area contributed by atoms with Crippen molar-refractivity contribution in [1.82, 2.24) is 5.32 Å². The zero-order chi connectivity index (χ0) is 8.10. The predicted molar refractivity (Wildman–Crippen MR) is 45.1 cm³/mol. The second kappa shape index (κ2) is 6.57. The fourth-order valence-corrected chi connectivity index (χ4v) is 1.16. The molecular formula is C7H14ClF2NO. The van der Waals surface area contributed by atoms with Gasteiger partial charge in [-0.3, -0.25) is 0 Å². The molecule has 0 aromatic carbocycles. The molecule has 1 N–H and O–H groups in total. The van der Waals surface area contributed by atoms with E-state index in [1.54, 1.807) is 0 Å². The summed E-state index contributed by atoms with van der Waals surface area (Å²) in [6.07, 6.45) is -0.530. The molecule has 0 aromatic rings. The largest absolute Gasteiger partial charge is 0.381 e. The third-order valence-corrected chi connectivity index (χ3v) is 1.78. The van der Waals surface area contributed by atoms with E-state index in [1.165, 1.54) is 0 Å². The topological polar surface area (TPSA) is 21.3 Å². The molecule has 0 aromatic heterocycles. The van der Waals surface area contributed by atoms with Crippen molar-refractivity contribution in [2.75, 3.05) is 19.8 Å². The second-order valence-corrected chi connectivity index (χ2v) is 2.69. The molecule has 0 unspecified atom stereocenters. The Morgan fingerprint density at radius 2 is 1.92 bits per heavy atom. The number of hydrogen-bond donors (Lipinski definition) is 1. The quantitative estimate of drug-likeness (QED) is 0.746. The Hall–Kier alpha value is 0.0700. The highest BCUT2D eigenvalue weighted by Crippen LogP contribution is 2.06. The molecule has 5 heteroatoms. The van der Waals surface area contributed by atoms with Crippen LogP contribution in [0.5, 0.6) is 0 Å². The van der Waals surface area contributed by atoms with Crippen molar-refractivity contribution in [3.8, 4) is 0 Å². The van der Waals surface area contributed by atoms with E-state index in [0.29, 0.717) is 13.2 Å². The summed E-state index contributed by atoms with van der Waals surface area (Å²) in [6.45, 7) is 1.20. The summed E-state index contributed by atoms with van der Waals surface area (Å²) < 4.78 is 28.5. The fraction of sp³-hybridized carbons (Fsp3) is 1.00. The van der Waals surface area contributed by atoms with Gasteiger partial charge in [-0.1, -0.05) is 0 Å². The molecule has 12 heavy (non-hydrogen) atoms. The number of halogens is 3. The van der Waals surface area contributed by atoms with Crippen LogP contribution in [0.4, 0.5) is 8.78 Å². The van der Waals surface area contributed by atoms with E-state index in [1.807, 2.05) is 0 Å². The van der Waals surface area contributed by atoms with E-state index in [4.69, 9.17) is 4.74 Å². The van der Waals surface area contributed by atoms with Crippen LogP contribution < -0.4 is 5.32 Å². The average molecular weight is 202 g/mol. The maximum absolute atomic E-state index is 11.7. The lowest BCUT2D eigenvalue weighted by Gasteiger charge is -2.22. The Balaban J connectivity index is 0.00000121. The van der Waals surface area contributed by atoms with Crippen molar-refractivity contribution in [3.63, 3.8) is 0 Å². The first-order valence-electron chi connectivity index (χ1n) is 3.88. The van der Waals surface area contributed by atoms with Crippen LogP contribution in [0, 0.1) is 0 Å². The van der Waals surface area contributed by atoms with Gasteiger partial charge < -0.3 is 10.1 Å². The third kappa shape index (κ3) is 4.85. The maximum atomic E-state index is 11.7. The zero-order valence-electron chi connectivity index (χ0n) is 6.76. The van der Waals surface area contributed by atoms with Gasteiger partial charge in [0.15, 0.2) is 0 Å².